The normalized spacial score (nSPS) is 36.2. The van der Waals surface area contributed by atoms with E-state index < -0.39 is 0 Å². The molecule has 0 aliphatic heterocycles. The van der Waals surface area contributed by atoms with E-state index in [4.69, 9.17) is 0 Å². The van der Waals surface area contributed by atoms with E-state index in [9.17, 15) is 0 Å². The summed E-state index contributed by atoms with van der Waals surface area (Å²) in [7, 11) is 0. The highest BCUT2D eigenvalue weighted by Crippen LogP contribution is 2.65. The lowest BCUT2D eigenvalue weighted by Crippen LogP contribution is -2.45. The van der Waals surface area contributed by atoms with Gasteiger partial charge < -0.3 is 5.32 Å². The van der Waals surface area contributed by atoms with Crippen LogP contribution in [0.3, 0.4) is 0 Å². The van der Waals surface area contributed by atoms with Crippen molar-refractivity contribution < 1.29 is 0 Å². The Morgan fingerprint density at radius 2 is 1.80 bits per heavy atom. The van der Waals surface area contributed by atoms with Crippen LogP contribution in [0.4, 0.5) is 0 Å². The lowest BCUT2D eigenvalue weighted by molar-refractivity contribution is 0.116. The number of nitrogens with one attached hydrogen (secondary N) is 1. The predicted octanol–water partition coefficient (Wildman–Crippen LogP) is 4.86. The van der Waals surface area contributed by atoms with E-state index in [0.717, 1.165) is 5.92 Å². The number of benzene rings is 1. The maximum absolute atomic E-state index is 3.94. The topological polar surface area (TPSA) is 12.0 Å². The van der Waals surface area contributed by atoms with Crippen molar-refractivity contribution in [2.24, 2.45) is 16.7 Å². The molecule has 1 aromatic carbocycles. The molecular formula is C19H29N. The fourth-order valence-electron chi connectivity index (χ4n) is 4.71. The van der Waals surface area contributed by atoms with Crippen LogP contribution in [0.25, 0.3) is 0 Å². The van der Waals surface area contributed by atoms with Gasteiger partial charge in [0.05, 0.1) is 0 Å². The minimum Gasteiger partial charge on any atom is -0.307 e. The molecule has 0 spiro atoms. The molecular weight excluding hydrogens is 242 g/mol. The maximum atomic E-state index is 3.94. The molecule has 0 saturated heterocycles. The summed E-state index contributed by atoms with van der Waals surface area (Å²) in [5.74, 6) is 0.912. The summed E-state index contributed by atoms with van der Waals surface area (Å²) < 4.78 is 0. The SMILES string of the molecule is Cc1ccc([C@H](C)NC2CC3CCC2(C)C3(C)C)cc1. The van der Waals surface area contributed by atoms with Crippen molar-refractivity contribution in [3.63, 3.8) is 0 Å². The van der Waals surface area contributed by atoms with Crippen LogP contribution in [-0.2, 0) is 0 Å². The second kappa shape index (κ2) is 4.59. The largest absolute Gasteiger partial charge is 0.307 e. The molecule has 2 saturated carbocycles. The van der Waals surface area contributed by atoms with E-state index in [0.29, 0.717) is 22.9 Å². The second-order valence-corrected chi connectivity index (χ2v) is 7.96. The highest BCUT2D eigenvalue weighted by Gasteiger charge is 2.61. The highest BCUT2D eigenvalue weighted by atomic mass is 15.0. The fraction of sp³-hybridized carbons (Fsp3) is 0.684. The van der Waals surface area contributed by atoms with Gasteiger partial charge in [-0.3, -0.25) is 0 Å². The molecule has 3 unspecified atom stereocenters. The number of aryl methyl sites for hydroxylation is 1. The zero-order valence-corrected chi connectivity index (χ0v) is 13.7. The van der Waals surface area contributed by atoms with E-state index in [2.05, 4.69) is 64.2 Å². The minimum absolute atomic E-state index is 0.451. The summed E-state index contributed by atoms with van der Waals surface area (Å²) in [5, 5.41) is 3.94. The summed E-state index contributed by atoms with van der Waals surface area (Å²) in [4.78, 5) is 0. The molecule has 2 bridgehead atoms. The zero-order chi connectivity index (χ0) is 14.5. The van der Waals surface area contributed by atoms with Crippen LogP contribution in [0, 0.1) is 23.7 Å². The Labute approximate surface area is 124 Å². The van der Waals surface area contributed by atoms with Crippen LogP contribution < -0.4 is 5.32 Å². The first-order valence-electron chi connectivity index (χ1n) is 8.17. The molecule has 0 radical (unpaired) electrons. The Morgan fingerprint density at radius 3 is 2.30 bits per heavy atom. The molecule has 0 aromatic heterocycles. The van der Waals surface area contributed by atoms with Crippen molar-refractivity contribution >= 4 is 0 Å². The summed E-state index contributed by atoms with van der Waals surface area (Å²) in [5.41, 5.74) is 3.72. The number of rotatable bonds is 3. The van der Waals surface area contributed by atoms with Gasteiger partial charge in [0, 0.05) is 12.1 Å². The monoisotopic (exact) mass is 271 g/mol. The first-order valence-corrected chi connectivity index (χ1v) is 8.17. The lowest BCUT2D eigenvalue weighted by Gasteiger charge is -2.40. The van der Waals surface area contributed by atoms with Crippen molar-refractivity contribution in [3.8, 4) is 0 Å². The molecule has 0 heterocycles. The Bertz CT molecular complexity index is 487. The van der Waals surface area contributed by atoms with Crippen LogP contribution >= 0.6 is 0 Å². The first kappa shape index (κ1) is 14.1. The number of hydrogen-bond donors (Lipinski definition) is 1. The van der Waals surface area contributed by atoms with Gasteiger partial charge in [-0.15, -0.1) is 0 Å². The van der Waals surface area contributed by atoms with Gasteiger partial charge in [0.1, 0.15) is 0 Å². The molecule has 1 N–H and O–H groups in total. The van der Waals surface area contributed by atoms with Crippen molar-refractivity contribution in [3.05, 3.63) is 35.4 Å². The zero-order valence-electron chi connectivity index (χ0n) is 13.7. The molecule has 3 rings (SSSR count). The van der Waals surface area contributed by atoms with Crippen LogP contribution in [-0.4, -0.2) is 6.04 Å². The van der Waals surface area contributed by atoms with Gasteiger partial charge in [-0.1, -0.05) is 50.6 Å². The quantitative estimate of drug-likeness (QED) is 0.827. The summed E-state index contributed by atoms with van der Waals surface area (Å²) in [6.07, 6.45) is 4.18. The van der Waals surface area contributed by atoms with Gasteiger partial charge in [0.25, 0.3) is 0 Å². The average molecular weight is 271 g/mol. The van der Waals surface area contributed by atoms with Gasteiger partial charge in [-0.25, -0.2) is 0 Å². The van der Waals surface area contributed by atoms with E-state index in [1.807, 2.05) is 0 Å². The fourth-order valence-corrected chi connectivity index (χ4v) is 4.71. The molecule has 0 amide bonds. The van der Waals surface area contributed by atoms with Gasteiger partial charge in [-0.05, 0) is 55.4 Å². The van der Waals surface area contributed by atoms with E-state index >= 15 is 0 Å². The molecule has 110 valence electrons. The van der Waals surface area contributed by atoms with Crippen LogP contribution in [0.15, 0.2) is 24.3 Å². The Kier molecular flexibility index (Phi) is 3.25. The Balaban J connectivity index is 1.75. The van der Waals surface area contributed by atoms with E-state index in [1.54, 1.807) is 0 Å². The van der Waals surface area contributed by atoms with Crippen molar-refractivity contribution in [2.45, 2.75) is 66.0 Å². The molecule has 2 fully saturated rings. The third-order valence-electron chi connectivity index (χ3n) is 6.82. The maximum Gasteiger partial charge on any atom is 0.0294 e. The molecule has 2 aliphatic carbocycles. The Morgan fingerprint density at radius 1 is 1.15 bits per heavy atom. The van der Waals surface area contributed by atoms with Gasteiger partial charge >= 0.3 is 0 Å². The van der Waals surface area contributed by atoms with Crippen LogP contribution in [0.1, 0.15) is 64.1 Å². The van der Waals surface area contributed by atoms with Crippen LogP contribution in [0.2, 0.25) is 0 Å². The molecule has 4 atom stereocenters. The van der Waals surface area contributed by atoms with Crippen molar-refractivity contribution in [1.82, 2.24) is 5.32 Å². The molecule has 1 heteroatoms. The summed E-state index contributed by atoms with van der Waals surface area (Å²) in [6, 6.07) is 10.1. The standard InChI is InChI=1S/C19H29N/c1-13-6-8-15(9-7-13)14(2)20-17-12-16-10-11-19(17,5)18(16,3)4/h6-9,14,16-17,20H,10-12H2,1-5H3/t14-,16?,17?,19?/m0/s1. The van der Waals surface area contributed by atoms with Crippen molar-refractivity contribution in [1.29, 1.82) is 0 Å². The molecule has 1 nitrogen and oxygen atoms in total. The highest BCUT2D eigenvalue weighted by molar-refractivity contribution is 5.24. The van der Waals surface area contributed by atoms with Crippen molar-refractivity contribution in [2.75, 3.05) is 0 Å². The number of hydrogen-bond acceptors (Lipinski definition) is 1. The summed E-state index contributed by atoms with van der Waals surface area (Å²) in [6.45, 7) is 12.0. The second-order valence-electron chi connectivity index (χ2n) is 7.96. The lowest BCUT2D eigenvalue weighted by atomic mass is 9.69. The predicted molar refractivity (Wildman–Crippen MR) is 85.7 cm³/mol. The molecule has 2 aliphatic rings. The molecule has 1 aromatic rings. The van der Waals surface area contributed by atoms with Gasteiger partial charge in [0.15, 0.2) is 0 Å². The van der Waals surface area contributed by atoms with Gasteiger partial charge in [0.2, 0.25) is 0 Å². The Hall–Kier alpha value is -0.820. The average Bonchev–Trinajstić information content (AvgIpc) is 2.72. The van der Waals surface area contributed by atoms with Crippen LogP contribution in [0.5, 0.6) is 0 Å². The first-order chi connectivity index (χ1) is 9.34. The third-order valence-corrected chi connectivity index (χ3v) is 6.82. The minimum atomic E-state index is 0.451. The smallest absolute Gasteiger partial charge is 0.0294 e. The van der Waals surface area contributed by atoms with E-state index in [1.165, 1.54) is 30.4 Å². The summed E-state index contributed by atoms with van der Waals surface area (Å²) >= 11 is 0. The van der Waals surface area contributed by atoms with Gasteiger partial charge in [-0.2, -0.15) is 0 Å². The molecule has 20 heavy (non-hydrogen) atoms. The van der Waals surface area contributed by atoms with E-state index in [-0.39, 0.29) is 0 Å². The third kappa shape index (κ3) is 1.94. The number of fused-ring (bicyclic) bond motifs is 2.